The normalized spacial score (nSPS) is 24.2. The van der Waals surface area contributed by atoms with Crippen LogP contribution >= 0.6 is 0 Å². The van der Waals surface area contributed by atoms with E-state index in [-0.39, 0.29) is 12.1 Å². The second kappa shape index (κ2) is 9.44. The van der Waals surface area contributed by atoms with Gasteiger partial charge in [0.1, 0.15) is 0 Å². The summed E-state index contributed by atoms with van der Waals surface area (Å²) in [5, 5.41) is 9.57. The number of benzene rings is 1. The van der Waals surface area contributed by atoms with Crippen molar-refractivity contribution >= 4 is 0 Å². The van der Waals surface area contributed by atoms with E-state index in [1.807, 2.05) is 0 Å². The van der Waals surface area contributed by atoms with Gasteiger partial charge in [-0.05, 0) is 49.1 Å². The van der Waals surface area contributed by atoms with Gasteiger partial charge in [-0.1, -0.05) is 69.7 Å². The first-order valence-electron chi connectivity index (χ1n) is 9.65. The molecule has 1 aliphatic carbocycles. The molecule has 3 N–H and O–H groups in total. The number of aliphatic hydroxyl groups is 1. The van der Waals surface area contributed by atoms with Crippen molar-refractivity contribution in [3.63, 3.8) is 0 Å². The quantitative estimate of drug-likeness (QED) is 0.618. The molecule has 0 radical (unpaired) electrons. The summed E-state index contributed by atoms with van der Waals surface area (Å²) in [7, 11) is 0. The lowest BCUT2D eigenvalue weighted by Crippen LogP contribution is -2.47. The average Bonchev–Trinajstić information content (AvgIpc) is 2.94. The van der Waals surface area contributed by atoms with Crippen LogP contribution in [-0.4, -0.2) is 17.3 Å². The van der Waals surface area contributed by atoms with Crippen molar-refractivity contribution in [2.75, 3.05) is 6.61 Å². The summed E-state index contributed by atoms with van der Waals surface area (Å²) >= 11 is 0. The molecule has 0 heterocycles. The van der Waals surface area contributed by atoms with Gasteiger partial charge in [0.05, 0.1) is 6.61 Å². The molecule has 1 saturated carbocycles. The molecule has 1 aromatic carbocycles. The van der Waals surface area contributed by atoms with Crippen molar-refractivity contribution in [3.05, 3.63) is 35.4 Å². The van der Waals surface area contributed by atoms with E-state index in [2.05, 4.69) is 31.2 Å². The van der Waals surface area contributed by atoms with Crippen LogP contribution in [0.5, 0.6) is 0 Å². The Kier molecular flexibility index (Phi) is 7.58. The summed E-state index contributed by atoms with van der Waals surface area (Å²) in [5.41, 5.74) is 8.82. The van der Waals surface area contributed by atoms with Crippen LogP contribution in [0.1, 0.15) is 75.8 Å². The Labute approximate surface area is 142 Å². The highest BCUT2D eigenvalue weighted by atomic mass is 16.3. The number of hydrogen-bond acceptors (Lipinski definition) is 2. The first-order valence-corrected chi connectivity index (χ1v) is 9.65. The highest BCUT2D eigenvalue weighted by molar-refractivity contribution is 5.24. The highest BCUT2D eigenvalue weighted by Gasteiger charge is 2.38. The van der Waals surface area contributed by atoms with Crippen LogP contribution in [0.2, 0.25) is 0 Å². The first kappa shape index (κ1) is 18.5. The molecule has 0 aliphatic heterocycles. The third-order valence-electron chi connectivity index (χ3n) is 5.63. The molecule has 2 atom stereocenters. The van der Waals surface area contributed by atoms with Crippen LogP contribution in [0, 0.1) is 5.92 Å². The van der Waals surface area contributed by atoms with Gasteiger partial charge in [0.25, 0.3) is 0 Å². The van der Waals surface area contributed by atoms with E-state index in [1.165, 1.54) is 56.1 Å². The molecule has 1 unspecified atom stereocenters. The molecule has 0 saturated heterocycles. The first-order chi connectivity index (χ1) is 11.2. The van der Waals surface area contributed by atoms with Crippen molar-refractivity contribution in [2.24, 2.45) is 11.7 Å². The monoisotopic (exact) mass is 317 g/mol. The van der Waals surface area contributed by atoms with E-state index in [1.54, 1.807) is 0 Å². The predicted molar refractivity (Wildman–Crippen MR) is 98.6 cm³/mol. The fourth-order valence-corrected chi connectivity index (χ4v) is 3.92. The summed E-state index contributed by atoms with van der Waals surface area (Å²) < 4.78 is 0. The lowest BCUT2D eigenvalue weighted by atomic mass is 9.84. The third-order valence-corrected chi connectivity index (χ3v) is 5.63. The molecule has 2 nitrogen and oxygen atoms in total. The Morgan fingerprint density at radius 1 is 1.04 bits per heavy atom. The zero-order chi connectivity index (χ0) is 16.5. The summed E-state index contributed by atoms with van der Waals surface area (Å²) in [6, 6.07) is 9.10. The molecule has 2 rings (SSSR count). The minimum atomic E-state index is -0.350. The fraction of sp³-hybridized carbons (Fsp3) is 0.714. The number of hydrogen-bond donors (Lipinski definition) is 2. The van der Waals surface area contributed by atoms with E-state index < -0.39 is 0 Å². The zero-order valence-electron chi connectivity index (χ0n) is 14.9. The van der Waals surface area contributed by atoms with Crippen LogP contribution in [0.15, 0.2) is 24.3 Å². The van der Waals surface area contributed by atoms with E-state index in [4.69, 9.17) is 5.73 Å². The van der Waals surface area contributed by atoms with Crippen molar-refractivity contribution in [1.82, 2.24) is 0 Å². The van der Waals surface area contributed by atoms with Crippen LogP contribution in [0.4, 0.5) is 0 Å². The van der Waals surface area contributed by atoms with E-state index in [0.717, 1.165) is 25.7 Å². The molecule has 1 aliphatic rings. The summed E-state index contributed by atoms with van der Waals surface area (Å²) in [6.45, 7) is 2.39. The van der Waals surface area contributed by atoms with Gasteiger partial charge in [-0.25, -0.2) is 0 Å². The summed E-state index contributed by atoms with van der Waals surface area (Å²) in [5.74, 6) is 0.428. The minimum Gasteiger partial charge on any atom is -0.394 e. The second-order valence-corrected chi connectivity index (χ2v) is 7.52. The second-order valence-electron chi connectivity index (χ2n) is 7.52. The maximum Gasteiger partial charge on any atom is 0.0614 e. The lowest BCUT2D eigenvalue weighted by molar-refractivity contribution is 0.160. The van der Waals surface area contributed by atoms with Crippen molar-refractivity contribution < 1.29 is 5.11 Å². The predicted octanol–water partition coefficient (Wildman–Crippen LogP) is 4.62. The number of aryl methyl sites for hydroxylation is 1. The molecular formula is C21H35NO. The van der Waals surface area contributed by atoms with Crippen LogP contribution in [0.3, 0.4) is 0 Å². The number of rotatable bonds is 10. The van der Waals surface area contributed by atoms with E-state index in [0.29, 0.717) is 5.92 Å². The van der Waals surface area contributed by atoms with Crippen molar-refractivity contribution in [2.45, 2.75) is 83.1 Å². The van der Waals surface area contributed by atoms with E-state index in [9.17, 15) is 5.11 Å². The van der Waals surface area contributed by atoms with Crippen LogP contribution in [-0.2, 0) is 12.8 Å². The van der Waals surface area contributed by atoms with Gasteiger partial charge >= 0.3 is 0 Å². The van der Waals surface area contributed by atoms with Gasteiger partial charge in [-0.3, -0.25) is 0 Å². The van der Waals surface area contributed by atoms with Gasteiger partial charge in [0.15, 0.2) is 0 Å². The fourth-order valence-electron chi connectivity index (χ4n) is 3.92. The Morgan fingerprint density at radius 3 is 2.39 bits per heavy atom. The minimum absolute atomic E-state index is 0.119. The number of aliphatic hydroxyl groups excluding tert-OH is 1. The van der Waals surface area contributed by atoms with Gasteiger partial charge in [0.2, 0.25) is 0 Å². The molecule has 130 valence electrons. The van der Waals surface area contributed by atoms with Gasteiger partial charge in [-0.15, -0.1) is 0 Å². The Hall–Kier alpha value is -0.860. The SMILES string of the molecule is CCCCCCCCc1ccc(C[C@@H]2CCCC2(N)CO)cc1. The molecule has 0 bridgehead atoms. The van der Waals surface area contributed by atoms with Crippen LogP contribution < -0.4 is 5.73 Å². The molecule has 0 spiro atoms. The maximum atomic E-state index is 9.57. The third kappa shape index (κ3) is 5.61. The smallest absolute Gasteiger partial charge is 0.0614 e. The zero-order valence-corrected chi connectivity index (χ0v) is 14.9. The number of nitrogens with two attached hydrogens (primary N) is 1. The Balaban J connectivity index is 1.74. The lowest BCUT2D eigenvalue weighted by Gasteiger charge is -2.29. The molecule has 0 amide bonds. The van der Waals surface area contributed by atoms with Crippen molar-refractivity contribution in [1.29, 1.82) is 0 Å². The maximum absolute atomic E-state index is 9.57. The highest BCUT2D eigenvalue weighted by Crippen LogP contribution is 2.35. The molecule has 23 heavy (non-hydrogen) atoms. The standard InChI is InChI=1S/C21H35NO/c1-2-3-4-5-6-7-9-18-11-13-19(14-12-18)16-20-10-8-15-21(20,22)17-23/h11-14,20,23H,2-10,15-17,22H2,1H3/t20-,21?/m0/s1. The molecule has 1 fully saturated rings. The Bertz CT molecular complexity index is 442. The average molecular weight is 318 g/mol. The van der Waals surface area contributed by atoms with Crippen molar-refractivity contribution in [3.8, 4) is 0 Å². The van der Waals surface area contributed by atoms with Gasteiger partial charge in [0, 0.05) is 5.54 Å². The van der Waals surface area contributed by atoms with Gasteiger partial charge in [-0.2, -0.15) is 0 Å². The summed E-state index contributed by atoms with van der Waals surface area (Å²) in [6.07, 6.45) is 13.6. The topological polar surface area (TPSA) is 46.2 Å². The molecule has 0 aromatic heterocycles. The largest absolute Gasteiger partial charge is 0.394 e. The Morgan fingerprint density at radius 2 is 1.70 bits per heavy atom. The number of unbranched alkanes of at least 4 members (excludes halogenated alkanes) is 5. The molecular weight excluding hydrogens is 282 g/mol. The van der Waals surface area contributed by atoms with Gasteiger partial charge < -0.3 is 10.8 Å². The summed E-state index contributed by atoms with van der Waals surface area (Å²) in [4.78, 5) is 0. The van der Waals surface area contributed by atoms with E-state index >= 15 is 0 Å². The van der Waals surface area contributed by atoms with Crippen LogP contribution in [0.25, 0.3) is 0 Å². The molecule has 1 aromatic rings. The molecule has 2 heteroatoms.